The molecular weight excluding hydrogens is 232 g/mol. The van der Waals surface area contributed by atoms with Gasteiger partial charge < -0.3 is 15.1 Å². The minimum atomic E-state index is -0.323. The van der Waals surface area contributed by atoms with Crippen LogP contribution in [0.3, 0.4) is 0 Å². The number of carbonyl (C=O) groups excluding carboxylic acids is 1. The Morgan fingerprint density at radius 3 is 2.72 bits per heavy atom. The Labute approximate surface area is 106 Å². The Hall–Kier alpha value is -1.62. The number of aromatic nitrogens is 1. The predicted octanol–water partition coefficient (Wildman–Crippen LogP) is 1.02. The molecule has 0 aromatic carbocycles. The lowest BCUT2D eigenvalue weighted by atomic mass is 9.92. The molecule has 5 nitrogen and oxygen atoms in total. The van der Waals surface area contributed by atoms with Gasteiger partial charge in [-0.25, -0.2) is 0 Å². The van der Waals surface area contributed by atoms with E-state index in [2.05, 4.69) is 4.98 Å². The molecule has 1 amide bonds. The van der Waals surface area contributed by atoms with Crippen molar-refractivity contribution in [2.24, 2.45) is 5.92 Å². The van der Waals surface area contributed by atoms with Gasteiger partial charge in [-0.15, -0.1) is 0 Å². The molecule has 2 rings (SSSR count). The van der Waals surface area contributed by atoms with Crippen LogP contribution < -0.4 is 0 Å². The summed E-state index contributed by atoms with van der Waals surface area (Å²) in [5.74, 6) is 0.0131. The van der Waals surface area contributed by atoms with Gasteiger partial charge in [-0.05, 0) is 31.7 Å². The highest BCUT2D eigenvalue weighted by molar-refractivity contribution is 5.96. The van der Waals surface area contributed by atoms with Gasteiger partial charge in [0.15, 0.2) is 0 Å². The SMILES string of the molecule is CC(O)C1CCN(C(=O)c2ccncc2O)CC1. The van der Waals surface area contributed by atoms with Gasteiger partial charge in [0.1, 0.15) is 5.75 Å². The summed E-state index contributed by atoms with van der Waals surface area (Å²) in [4.78, 5) is 17.6. The van der Waals surface area contributed by atoms with Crippen LogP contribution in [0.25, 0.3) is 0 Å². The molecular formula is C13H18N2O3. The van der Waals surface area contributed by atoms with Gasteiger partial charge in [-0.3, -0.25) is 9.78 Å². The van der Waals surface area contributed by atoms with Gasteiger partial charge in [0, 0.05) is 19.3 Å². The fourth-order valence-corrected chi connectivity index (χ4v) is 2.32. The third kappa shape index (κ3) is 2.61. The summed E-state index contributed by atoms with van der Waals surface area (Å²) in [6.07, 6.45) is 4.05. The number of nitrogens with zero attached hydrogens (tertiary/aromatic N) is 2. The summed E-state index contributed by atoms with van der Waals surface area (Å²) in [6, 6.07) is 1.53. The Morgan fingerprint density at radius 1 is 1.50 bits per heavy atom. The number of aliphatic hydroxyl groups excluding tert-OH is 1. The average molecular weight is 250 g/mol. The number of carbonyl (C=O) groups is 1. The molecule has 1 aliphatic rings. The molecule has 2 N–H and O–H groups in total. The van der Waals surface area contributed by atoms with E-state index in [-0.39, 0.29) is 23.7 Å². The quantitative estimate of drug-likeness (QED) is 0.822. The van der Waals surface area contributed by atoms with Gasteiger partial charge in [0.2, 0.25) is 0 Å². The molecule has 18 heavy (non-hydrogen) atoms. The zero-order chi connectivity index (χ0) is 13.1. The molecule has 0 spiro atoms. The van der Waals surface area contributed by atoms with E-state index in [1.54, 1.807) is 11.8 Å². The summed E-state index contributed by atoms with van der Waals surface area (Å²) >= 11 is 0. The molecule has 1 saturated heterocycles. The minimum Gasteiger partial charge on any atom is -0.505 e. The van der Waals surface area contributed by atoms with Crippen LogP contribution >= 0.6 is 0 Å². The number of aliphatic hydroxyl groups is 1. The maximum atomic E-state index is 12.2. The van der Waals surface area contributed by atoms with Crippen LogP contribution in [0.4, 0.5) is 0 Å². The van der Waals surface area contributed by atoms with E-state index in [1.165, 1.54) is 18.5 Å². The summed E-state index contributed by atoms with van der Waals surface area (Å²) in [5.41, 5.74) is 0.292. The first-order valence-corrected chi connectivity index (χ1v) is 6.20. The summed E-state index contributed by atoms with van der Waals surface area (Å²) in [7, 11) is 0. The number of piperidine rings is 1. The zero-order valence-corrected chi connectivity index (χ0v) is 10.4. The van der Waals surface area contributed by atoms with Gasteiger partial charge in [0.05, 0.1) is 17.9 Å². The molecule has 5 heteroatoms. The van der Waals surface area contributed by atoms with Crippen molar-refractivity contribution in [3.63, 3.8) is 0 Å². The molecule has 1 aliphatic heterocycles. The lowest BCUT2D eigenvalue weighted by Gasteiger charge is -2.33. The third-order valence-corrected chi connectivity index (χ3v) is 3.54. The van der Waals surface area contributed by atoms with E-state index in [1.807, 2.05) is 0 Å². The van der Waals surface area contributed by atoms with E-state index in [0.717, 1.165) is 12.8 Å². The van der Waals surface area contributed by atoms with Crippen molar-refractivity contribution >= 4 is 5.91 Å². The average Bonchev–Trinajstić information content (AvgIpc) is 2.38. The normalized spacial score (nSPS) is 18.7. The molecule has 1 fully saturated rings. The second-order valence-electron chi connectivity index (χ2n) is 4.76. The van der Waals surface area contributed by atoms with E-state index in [0.29, 0.717) is 18.7 Å². The highest BCUT2D eigenvalue weighted by Crippen LogP contribution is 2.23. The Morgan fingerprint density at radius 2 is 2.17 bits per heavy atom. The van der Waals surface area contributed by atoms with Crippen molar-refractivity contribution in [3.8, 4) is 5.75 Å². The van der Waals surface area contributed by atoms with Gasteiger partial charge in [0.25, 0.3) is 5.91 Å². The van der Waals surface area contributed by atoms with Crippen molar-refractivity contribution < 1.29 is 15.0 Å². The molecule has 1 aromatic heterocycles. The molecule has 0 aliphatic carbocycles. The molecule has 0 radical (unpaired) electrons. The third-order valence-electron chi connectivity index (χ3n) is 3.54. The predicted molar refractivity (Wildman–Crippen MR) is 66.2 cm³/mol. The van der Waals surface area contributed by atoms with E-state index >= 15 is 0 Å². The molecule has 0 saturated carbocycles. The van der Waals surface area contributed by atoms with Crippen LogP contribution in [0.15, 0.2) is 18.5 Å². The van der Waals surface area contributed by atoms with Gasteiger partial charge in [-0.2, -0.15) is 0 Å². The number of hydrogen-bond donors (Lipinski definition) is 2. The summed E-state index contributed by atoms with van der Waals surface area (Å²) < 4.78 is 0. The Bertz CT molecular complexity index is 426. The standard InChI is InChI=1S/C13H18N2O3/c1-9(16)10-3-6-15(7-4-10)13(18)11-2-5-14-8-12(11)17/h2,5,8-10,16-17H,3-4,6-7H2,1H3. The second kappa shape index (κ2) is 5.35. The van der Waals surface area contributed by atoms with Crippen molar-refractivity contribution in [1.29, 1.82) is 0 Å². The molecule has 1 atom stereocenters. The van der Waals surface area contributed by atoms with Crippen LogP contribution in [-0.2, 0) is 0 Å². The van der Waals surface area contributed by atoms with Crippen LogP contribution in [0.2, 0.25) is 0 Å². The number of pyridine rings is 1. The Kier molecular flexibility index (Phi) is 3.81. The van der Waals surface area contributed by atoms with E-state index in [4.69, 9.17) is 0 Å². The largest absolute Gasteiger partial charge is 0.505 e. The fraction of sp³-hybridized carbons (Fsp3) is 0.538. The summed E-state index contributed by atoms with van der Waals surface area (Å²) in [5, 5.41) is 19.1. The second-order valence-corrected chi connectivity index (χ2v) is 4.76. The number of aromatic hydroxyl groups is 1. The zero-order valence-electron chi connectivity index (χ0n) is 10.4. The first kappa shape index (κ1) is 12.8. The monoisotopic (exact) mass is 250 g/mol. The first-order valence-electron chi connectivity index (χ1n) is 6.20. The van der Waals surface area contributed by atoms with Crippen molar-refractivity contribution in [2.45, 2.75) is 25.9 Å². The smallest absolute Gasteiger partial charge is 0.257 e. The van der Waals surface area contributed by atoms with E-state index in [9.17, 15) is 15.0 Å². The topological polar surface area (TPSA) is 73.7 Å². The number of hydrogen-bond acceptors (Lipinski definition) is 4. The maximum Gasteiger partial charge on any atom is 0.257 e. The van der Waals surface area contributed by atoms with Crippen molar-refractivity contribution in [2.75, 3.05) is 13.1 Å². The van der Waals surface area contributed by atoms with Crippen molar-refractivity contribution in [3.05, 3.63) is 24.0 Å². The number of rotatable bonds is 2. The lowest BCUT2D eigenvalue weighted by Crippen LogP contribution is -2.40. The van der Waals surface area contributed by atoms with Crippen LogP contribution in [0.5, 0.6) is 5.75 Å². The van der Waals surface area contributed by atoms with Gasteiger partial charge in [-0.1, -0.05) is 0 Å². The molecule has 1 unspecified atom stereocenters. The van der Waals surface area contributed by atoms with Crippen LogP contribution in [-0.4, -0.2) is 45.2 Å². The minimum absolute atomic E-state index is 0.0832. The number of likely N-dealkylation sites (tertiary alicyclic amines) is 1. The first-order chi connectivity index (χ1) is 8.59. The number of amides is 1. The Balaban J connectivity index is 2.02. The lowest BCUT2D eigenvalue weighted by molar-refractivity contribution is 0.0519. The fourth-order valence-electron chi connectivity index (χ4n) is 2.32. The highest BCUT2D eigenvalue weighted by atomic mass is 16.3. The molecule has 1 aromatic rings. The summed E-state index contributed by atoms with van der Waals surface area (Å²) in [6.45, 7) is 3.03. The molecule has 2 heterocycles. The van der Waals surface area contributed by atoms with Crippen LogP contribution in [0, 0.1) is 5.92 Å². The van der Waals surface area contributed by atoms with Crippen LogP contribution in [0.1, 0.15) is 30.1 Å². The van der Waals surface area contributed by atoms with Gasteiger partial charge >= 0.3 is 0 Å². The van der Waals surface area contributed by atoms with Crippen molar-refractivity contribution in [1.82, 2.24) is 9.88 Å². The highest BCUT2D eigenvalue weighted by Gasteiger charge is 2.26. The maximum absolute atomic E-state index is 12.2. The van der Waals surface area contributed by atoms with E-state index < -0.39 is 0 Å². The molecule has 98 valence electrons. The molecule has 0 bridgehead atoms.